The number of rotatable bonds is 2. The SMILES string of the molecule is O=C1CC(c2cccc(Cl)c2)Cc2c1cnn2-c1ccc(F)cc1. The Hall–Kier alpha value is -2.46. The minimum Gasteiger partial charge on any atom is -0.294 e. The monoisotopic (exact) mass is 340 g/mol. The van der Waals surface area contributed by atoms with Crippen LogP contribution in [0.1, 0.15) is 34.0 Å². The van der Waals surface area contributed by atoms with Gasteiger partial charge < -0.3 is 0 Å². The first kappa shape index (κ1) is 15.1. The minimum atomic E-state index is -0.298. The van der Waals surface area contributed by atoms with Gasteiger partial charge in [-0.25, -0.2) is 9.07 Å². The lowest BCUT2D eigenvalue weighted by Crippen LogP contribution is -2.20. The maximum absolute atomic E-state index is 13.2. The van der Waals surface area contributed by atoms with Gasteiger partial charge in [0.25, 0.3) is 0 Å². The van der Waals surface area contributed by atoms with Crippen LogP contribution in [0.15, 0.2) is 54.7 Å². The predicted octanol–water partition coefficient (Wildman–Crippen LogP) is 4.58. The zero-order chi connectivity index (χ0) is 16.7. The molecule has 120 valence electrons. The van der Waals surface area contributed by atoms with Gasteiger partial charge in [0, 0.05) is 11.4 Å². The maximum atomic E-state index is 13.2. The zero-order valence-corrected chi connectivity index (χ0v) is 13.5. The first-order chi connectivity index (χ1) is 11.6. The van der Waals surface area contributed by atoms with Crippen LogP contribution in [-0.2, 0) is 6.42 Å². The predicted molar refractivity (Wildman–Crippen MR) is 90.4 cm³/mol. The lowest BCUT2D eigenvalue weighted by atomic mass is 9.82. The average Bonchev–Trinajstić information content (AvgIpc) is 3.00. The molecule has 1 aliphatic carbocycles. The summed E-state index contributed by atoms with van der Waals surface area (Å²) in [5, 5.41) is 5.01. The molecule has 3 aromatic rings. The van der Waals surface area contributed by atoms with Gasteiger partial charge in [-0.2, -0.15) is 5.10 Å². The van der Waals surface area contributed by atoms with Crippen LogP contribution in [0.5, 0.6) is 0 Å². The molecule has 0 radical (unpaired) electrons. The highest BCUT2D eigenvalue weighted by Crippen LogP contribution is 2.34. The summed E-state index contributed by atoms with van der Waals surface area (Å²) in [4.78, 5) is 12.5. The Morgan fingerprint density at radius 3 is 2.67 bits per heavy atom. The third-order valence-corrected chi connectivity index (χ3v) is 4.67. The molecule has 3 nitrogen and oxygen atoms in total. The van der Waals surface area contributed by atoms with E-state index in [1.54, 1.807) is 23.0 Å². The summed E-state index contributed by atoms with van der Waals surface area (Å²) >= 11 is 6.08. The molecule has 24 heavy (non-hydrogen) atoms. The number of ketones is 1. The molecule has 0 aliphatic heterocycles. The summed E-state index contributed by atoms with van der Waals surface area (Å²) in [6.07, 6.45) is 2.75. The van der Waals surface area contributed by atoms with E-state index in [0.717, 1.165) is 16.9 Å². The van der Waals surface area contributed by atoms with Crippen molar-refractivity contribution in [3.8, 4) is 5.69 Å². The molecule has 2 aromatic carbocycles. The highest BCUT2D eigenvalue weighted by molar-refractivity contribution is 6.30. The molecular formula is C19H14ClFN2O. The van der Waals surface area contributed by atoms with Crippen molar-refractivity contribution in [2.45, 2.75) is 18.8 Å². The molecule has 0 fully saturated rings. The van der Waals surface area contributed by atoms with Crippen molar-refractivity contribution in [2.75, 3.05) is 0 Å². The summed E-state index contributed by atoms with van der Waals surface area (Å²) in [6.45, 7) is 0. The number of hydrogen-bond donors (Lipinski definition) is 0. The highest BCUT2D eigenvalue weighted by Gasteiger charge is 2.30. The summed E-state index contributed by atoms with van der Waals surface area (Å²) in [6, 6.07) is 13.7. The van der Waals surface area contributed by atoms with E-state index < -0.39 is 0 Å². The number of halogens is 2. The molecule has 1 atom stereocenters. The first-order valence-electron chi connectivity index (χ1n) is 7.73. The van der Waals surface area contributed by atoms with Gasteiger partial charge in [0.2, 0.25) is 0 Å². The molecule has 5 heteroatoms. The summed E-state index contributed by atoms with van der Waals surface area (Å²) in [5.41, 5.74) is 3.31. The smallest absolute Gasteiger partial charge is 0.166 e. The van der Waals surface area contributed by atoms with Crippen LogP contribution in [-0.4, -0.2) is 15.6 Å². The Labute approximate surface area is 143 Å². The first-order valence-corrected chi connectivity index (χ1v) is 8.11. The van der Waals surface area contributed by atoms with E-state index >= 15 is 0 Å². The third-order valence-electron chi connectivity index (χ3n) is 4.43. The number of Topliss-reactive ketones (excluding diaryl/α,β-unsaturated/α-hetero) is 1. The Balaban J connectivity index is 1.75. The lowest BCUT2D eigenvalue weighted by Gasteiger charge is -2.23. The molecule has 0 amide bonds. The van der Waals surface area contributed by atoms with E-state index in [0.29, 0.717) is 23.4 Å². The fraction of sp³-hybridized carbons (Fsp3) is 0.158. The maximum Gasteiger partial charge on any atom is 0.166 e. The number of fused-ring (bicyclic) bond motifs is 1. The van der Waals surface area contributed by atoms with E-state index in [2.05, 4.69) is 5.10 Å². The van der Waals surface area contributed by atoms with Crippen LogP contribution in [0.2, 0.25) is 5.02 Å². The number of hydrogen-bond acceptors (Lipinski definition) is 2. The van der Waals surface area contributed by atoms with Crippen LogP contribution in [0.3, 0.4) is 0 Å². The lowest BCUT2D eigenvalue weighted by molar-refractivity contribution is 0.0963. The van der Waals surface area contributed by atoms with Crippen molar-refractivity contribution < 1.29 is 9.18 Å². The van der Waals surface area contributed by atoms with Gasteiger partial charge in [-0.3, -0.25) is 4.79 Å². The molecule has 1 aromatic heterocycles. The van der Waals surface area contributed by atoms with E-state index in [1.165, 1.54) is 12.1 Å². The standard InChI is InChI=1S/C19H14ClFN2O/c20-14-3-1-2-12(8-14)13-9-18-17(19(24)10-13)11-22-23(18)16-6-4-15(21)5-7-16/h1-8,11,13H,9-10H2. The van der Waals surface area contributed by atoms with Gasteiger partial charge in [-0.05, 0) is 54.3 Å². The van der Waals surface area contributed by atoms with Gasteiger partial charge in [0.15, 0.2) is 5.78 Å². The quantitative estimate of drug-likeness (QED) is 0.684. The number of nitrogens with zero attached hydrogens (tertiary/aromatic N) is 2. The molecule has 1 unspecified atom stereocenters. The molecule has 0 spiro atoms. The Kier molecular flexibility index (Phi) is 3.69. The number of carbonyl (C=O) groups is 1. The van der Waals surface area contributed by atoms with Gasteiger partial charge >= 0.3 is 0 Å². The second-order valence-electron chi connectivity index (χ2n) is 5.98. The Morgan fingerprint density at radius 2 is 1.92 bits per heavy atom. The van der Waals surface area contributed by atoms with Crippen molar-refractivity contribution in [3.05, 3.63) is 82.4 Å². The Bertz CT molecular complexity index is 917. The average molecular weight is 341 g/mol. The van der Waals surface area contributed by atoms with Crippen LogP contribution in [0.25, 0.3) is 5.69 Å². The summed E-state index contributed by atoms with van der Waals surface area (Å²) < 4.78 is 14.9. The van der Waals surface area contributed by atoms with Crippen molar-refractivity contribution >= 4 is 17.4 Å². The van der Waals surface area contributed by atoms with E-state index in [-0.39, 0.29) is 17.5 Å². The molecule has 1 aliphatic rings. The van der Waals surface area contributed by atoms with Gasteiger partial charge in [-0.15, -0.1) is 0 Å². The van der Waals surface area contributed by atoms with Crippen molar-refractivity contribution in [3.63, 3.8) is 0 Å². The Morgan fingerprint density at radius 1 is 1.12 bits per heavy atom. The second kappa shape index (κ2) is 5.87. The van der Waals surface area contributed by atoms with E-state index in [1.807, 2.05) is 24.3 Å². The van der Waals surface area contributed by atoms with Crippen LogP contribution < -0.4 is 0 Å². The minimum absolute atomic E-state index is 0.0691. The van der Waals surface area contributed by atoms with E-state index in [9.17, 15) is 9.18 Å². The molecule has 0 saturated carbocycles. The van der Waals surface area contributed by atoms with Gasteiger partial charge in [0.05, 0.1) is 23.1 Å². The van der Waals surface area contributed by atoms with Crippen molar-refractivity contribution in [1.82, 2.24) is 9.78 Å². The van der Waals surface area contributed by atoms with Crippen LogP contribution in [0.4, 0.5) is 4.39 Å². The normalized spacial score (nSPS) is 16.9. The zero-order valence-electron chi connectivity index (χ0n) is 12.7. The van der Waals surface area contributed by atoms with Crippen LogP contribution >= 0.6 is 11.6 Å². The molecule has 1 heterocycles. The summed E-state index contributed by atoms with van der Waals surface area (Å²) in [5.74, 6) is -0.151. The molecule has 0 N–H and O–H groups in total. The van der Waals surface area contributed by atoms with Crippen LogP contribution in [0, 0.1) is 5.82 Å². The number of benzene rings is 2. The largest absolute Gasteiger partial charge is 0.294 e. The second-order valence-corrected chi connectivity index (χ2v) is 6.41. The molecular weight excluding hydrogens is 327 g/mol. The van der Waals surface area contributed by atoms with E-state index in [4.69, 9.17) is 11.6 Å². The number of carbonyl (C=O) groups excluding carboxylic acids is 1. The third kappa shape index (κ3) is 2.63. The van der Waals surface area contributed by atoms with Crippen molar-refractivity contribution in [1.29, 1.82) is 0 Å². The number of aromatic nitrogens is 2. The summed E-state index contributed by atoms with van der Waals surface area (Å²) in [7, 11) is 0. The molecule has 0 saturated heterocycles. The molecule has 4 rings (SSSR count). The highest BCUT2D eigenvalue weighted by atomic mass is 35.5. The van der Waals surface area contributed by atoms with Gasteiger partial charge in [-0.1, -0.05) is 23.7 Å². The molecule has 0 bridgehead atoms. The fourth-order valence-electron chi connectivity index (χ4n) is 3.24. The topological polar surface area (TPSA) is 34.9 Å². The fourth-order valence-corrected chi connectivity index (χ4v) is 3.44. The van der Waals surface area contributed by atoms with Gasteiger partial charge in [0.1, 0.15) is 5.82 Å². The van der Waals surface area contributed by atoms with Crippen molar-refractivity contribution in [2.24, 2.45) is 0 Å².